The zero-order chi connectivity index (χ0) is 30.9. The van der Waals surface area contributed by atoms with Gasteiger partial charge in [0.05, 0.1) is 41.4 Å². The number of nitrogens with one attached hydrogen (secondary N) is 1. The van der Waals surface area contributed by atoms with Crippen molar-refractivity contribution in [2.75, 3.05) is 25.6 Å². The number of nitrogens with zero attached hydrogens (tertiary/aromatic N) is 4. The number of methoxy groups -OCH3 is 1. The number of sulfonamides is 1. The van der Waals surface area contributed by atoms with E-state index in [4.69, 9.17) is 37.2 Å². The lowest BCUT2D eigenvalue weighted by molar-refractivity contribution is -0.128. The SMILES string of the molecule is COc1ccc2c(c1)N(C(=O)c1csc(CN(C)S(=O)(=O)c3ccc(Cl)cc3)c1Cl)CC(C(=O)NCc1nc(C)no1)O2. The summed E-state index contributed by atoms with van der Waals surface area (Å²) in [6, 6.07) is 10.7. The number of thiophene rings is 1. The van der Waals surface area contributed by atoms with Gasteiger partial charge in [0.15, 0.2) is 11.9 Å². The van der Waals surface area contributed by atoms with Crippen LogP contribution in [-0.4, -0.2) is 61.5 Å². The molecule has 1 unspecified atom stereocenters. The van der Waals surface area contributed by atoms with Crippen LogP contribution in [0.1, 0.15) is 27.0 Å². The van der Waals surface area contributed by atoms with E-state index in [1.807, 2.05) is 0 Å². The molecule has 5 rings (SSSR count). The van der Waals surface area contributed by atoms with Gasteiger partial charge >= 0.3 is 0 Å². The zero-order valence-corrected chi connectivity index (χ0v) is 26.2. The Hall–Kier alpha value is -3.69. The minimum atomic E-state index is -3.85. The van der Waals surface area contributed by atoms with E-state index >= 15 is 0 Å². The lowest BCUT2D eigenvalue weighted by atomic mass is 10.1. The minimum Gasteiger partial charge on any atom is -0.497 e. The lowest BCUT2D eigenvalue weighted by Crippen LogP contribution is -2.50. The van der Waals surface area contributed by atoms with Crippen molar-refractivity contribution in [1.82, 2.24) is 19.8 Å². The van der Waals surface area contributed by atoms with Gasteiger partial charge in [0.1, 0.15) is 11.5 Å². The summed E-state index contributed by atoms with van der Waals surface area (Å²) in [5.41, 5.74) is 0.530. The van der Waals surface area contributed by atoms with Crippen molar-refractivity contribution < 1.29 is 32.0 Å². The van der Waals surface area contributed by atoms with Gasteiger partial charge in [-0.25, -0.2) is 8.42 Å². The molecule has 4 aromatic rings. The molecule has 2 aromatic heterocycles. The molecule has 0 radical (unpaired) electrons. The number of aromatic nitrogens is 2. The summed E-state index contributed by atoms with van der Waals surface area (Å²) in [5.74, 6) is 0.412. The molecule has 0 aliphatic carbocycles. The number of halogens is 2. The van der Waals surface area contributed by atoms with Crippen LogP contribution in [-0.2, 0) is 27.9 Å². The number of hydrogen-bond donors (Lipinski definition) is 1. The fourth-order valence-corrected chi connectivity index (χ4v) is 6.96. The number of rotatable bonds is 9. The second kappa shape index (κ2) is 12.5. The van der Waals surface area contributed by atoms with Crippen molar-refractivity contribution in [1.29, 1.82) is 0 Å². The fraction of sp³-hybridized carbons (Fsp3) is 0.259. The van der Waals surface area contributed by atoms with Gasteiger partial charge in [-0.3, -0.25) is 9.59 Å². The third kappa shape index (κ3) is 6.48. The normalized spacial score (nSPS) is 14.7. The second-order valence-electron chi connectivity index (χ2n) is 9.41. The predicted octanol–water partition coefficient (Wildman–Crippen LogP) is 4.30. The molecule has 2 amide bonds. The number of anilines is 1. The van der Waals surface area contributed by atoms with E-state index in [2.05, 4.69) is 15.5 Å². The Labute approximate surface area is 261 Å². The maximum Gasteiger partial charge on any atom is 0.263 e. The van der Waals surface area contributed by atoms with Gasteiger partial charge in [-0.2, -0.15) is 9.29 Å². The summed E-state index contributed by atoms with van der Waals surface area (Å²) in [4.78, 5) is 33.0. The first-order valence-electron chi connectivity index (χ1n) is 12.7. The number of fused-ring (bicyclic) bond motifs is 1. The Balaban J connectivity index is 1.38. The van der Waals surface area contributed by atoms with Gasteiger partial charge in [0.2, 0.25) is 15.9 Å². The van der Waals surface area contributed by atoms with Crippen LogP contribution in [0.15, 0.2) is 57.3 Å². The maximum absolute atomic E-state index is 13.9. The van der Waals surface area contributed by atoms with E-state index in [0.29, 0.717) is 27.2 Å². The number of carbonyl (C=O) groups is 2. The summed E-state index contributed by atoms with van der Waals surface area (Å²) in [5, 5.41) is 8.46. The average molecular weight is 667 g/mol. The molecule has 1 atom stereocenters. The van der Waals surface area contributed by atoms with E-state index in [-0.39, 0.29) is 46.8 Å². The third-order valence-electron chi connectivity index (χ3n) is 6.51. The molecular formula is C27H25Cl2N5O7S2. The molecule has 2 aromatic carbocycles. The first-order chi connectivity index (χ1) is 20.5. The lowest BCUT2D eigenvalue weighted by Gasteiger charge is -2.34. The molecule has 1 aliphatic heterocycles. The van der Waals surface area contributed by atoms with Crippen LogP contribution in [0.3, 0.4) is 0 Å². The van der Waals surface area contributed by atoms with Crippen LogP contribution in [0, 0.1) is 6.92 Å². The highest BCUT2D eigenvalue weighted by molar-refractivity contribution is 7.89. The molecule has 3 heterocycles. The highest BCUT2D eigenvalue weighted by Crippen LogP contribution is 2.39. The van der Waals surface area contributed by atoms with Crippen LogP contribution in [0.4, 0.5) is 5.69 Å². The summed E-state index contributed by atoms with van der Waals surface area (Å²) >= 11 is 13.7. The number of ether oxygens (including phenoxy) is 2. The number of carbonyl (C=O) groups excluding carboxylic acids is 2. The van der Waals surface area contributed by atoms with Crippen LogP contribution in [0.25, 0.3) is 0 Å². The number of benzene rings is 2. The van der Waals surface area contributed by atoms with Crippen molar-refractivity contribution in [3.8, 4) is 11.5 Å². The molecule has 43 heavy (non-hydrogen) atoms. The molecule has 0 saturated carbocycles. The number of aryl methyl sites for hydroxylation is 1. The average Bonchev–Trinajstić information content (AvgIpc) is 3.59. The monoisotopic (exact) mass is 665 g/mol. The van der Waals surface area contributed by atoms with E-state index in [9.17, 15) is 18.0 Å². The highest BCUT2D eigenvalue weighted by atomic mass is 35.5. The van der Waals surface area contributed by atoms with Crippen molar-refractivity contribution in [3.05, 3.63) is 80.0 Å². The Morgan fingerprint density at radius 1 is 1.21 bits per heavy atom. The molecule has 0 saturated heterocycles. The summed E-state index contributed by atoms with van der Waals surface area (Å²) in [6.07, 6.45) is -1.07. The summed E-state index contributed by atoms with van der Waals surface area (Å²) < 4.78 is 43.6. The van der Waals surface area contributed by atoms with Gasteiger partial charge in [-0.05, 0) is 43.3 Å². The number of hydrogen-bond acceptors (Lipinski definition) is 10. The smallest absolute Gasteiger partial charge is 0.263 e. The van der Waals surface area contributed by atoms with Crippen LogP contribution >= 0.6 is 34.5 Å². The fourth-order valence-electron chi connectivity index (χ4n) is 4.26. The molecule has 12 nitrogen and oxygen atoms in total. The van der Waals surface area contributed by atoms with E-state index < -0.39 is 27.9 Å². The molecule has 16 heteroatoms. The minimum absolute atomic E-state index is 0.0187. The molecule has 1 N–H and O–H groups in total. The third-order valence-corrected chi connectivity index (χ3v) is 10.1. The quantitative estimate of drug-likeness (QED) is 0.277. The van der Waals surface area contributed by atoms with Gasteiger partial charge in [0, 0.05) is 34.9 Å². The van der Waals surface area contributed by atoms with E-state index in [1.54, 1.807) is 30.5 Å². The molecule has 0 spiro atoms. The highest BCUT2D eigenvalue weighted by Gasteiger charge is 2.36. The van der Waals surface area contributed by atoms with Crippen molar-refractivity contribution >= 4 is 62.1 Å². The molecule has 0 fully saturated rings. The Kier molecular flexibility index (Phi) is 8.94. The van der Waals surface area contributed by atoms with Crippen LogP contribution in [0.2, 0.25) is 10.0 Å². The Morgan fingerprint density at radius 3 is 2.63 bits per heavy atom. The molecule has 226 valence electrons. The van der Waals surface area contributed by atoms with Crippen LogP contribution < -0.4 is 19.7 Å². The second-order valence-corrected chi connectivity index (χ2v) is 13.2. The van der Waals surface area contributed by atoms with Gasteiger partial charge in [-0.15, -0.1) is 11.3 Å². The topological polar surface area (TPSA) is 144 Å². The Morgan fingerprint density at radius 2 is 1.95 bits per heavy atom. The standard InChI is InChI=1S/C27H25Cl2N5O7S2/c1-15-31-24(41-32-15)11-30-26(35)22-12-34(20-10-17(39-3)6-9-21(20)40-22)27(36)19-14-42-23(25(19)29)13-33(2)43(37,38)18-7-4-16(28)5-8-18/h4-10,14,22H,11-13H2,1-3H3,(H,30,35). The van der Waals surface area contributed by atoms with E-state index in [0.717, 1.165) is 15.6 Å². The molecular weight excluding hydrogens is 641 g/mol. The first-order valence-corrected chi connectivity index (χ1v) is 15.8. The van der Waals surface area contributed by atoms with E-state index in [1.165, 1.54) is 43.3 Å². The van der Waals surface area contributed by atoms with Crippen molar-refractivity contribution in [2.24, 2.45) is 0 Å². The molecule has 0 bridgehead atoms. The van der Waals surface area contributed by atoms with Crippen molar-refractivity contribution in [3.63, 3.8) is 0 Å². The largest absolute Gasteiger partial charge is 0.497 e. The van der Waals surface area contributed by atoms with Gasteiger partial charge < -0.3 is 24.2 Å². The first kappa shape index (κ1) is 30.8. The zero-order valence-electron chi connectivity index (χ0n) is 23.0. The van der Waals surface area contributed by atoms with Gasteiger partial charge in [0.25, 0.3) is 11.8 Å². The summed E-state index contributed by atoms with van der Waals surface area (Å²) in [7, 11) is -0.942. The number of amides is 2. The van der Waals surface area contributed by atoms with Crippen LogP contribution in [0.5, 0.6) is 11.5 Å². The summed E-state index contributed by atoms with van der Waals surface area (Å²) in [6.45, 7) is 1.43. The van der Waals surface area contributed by atoms with Crippen molar-refractivity contribution in [2.45, 2.75) is 31.0 Å². The maximum atomic E-state index is 13.9. The molecule has 1 aliphatic rings. The predicted molar refractivity (Wildman–Crippen MR) is 159 cm³/mol. The van der Waals surface area contributed by atoms with Gasteiger partial charge in [-0.1, -0.05) is 28.4 Å². The Bertz CT molecular complexity index is 1780.